The van der Waals surface area contributed by atoms with Crippen molar-refractivity contribution in [2.45, 2.75) is 44.9 Å². The Morgan fingerprint density at radius 3 is 2.88 bits per heavy atom. The van der Waals surface area contributed by atoms with E-state index in [2.05, 4.69) is 5.32 Å². The summed E-state index contributed by atoms with van der Waals surface area (Å²) >= 11 is 0. The minimum absolute atomic E-state index is 0. The van der Waals surface area contributed by atoms with E-state index in [9.17, 15) is 4.79 Å². The van der Waals surface area contributed by atoms with Crippen molar-refractivity contribution in [1.82, 2.24) is 5.32 Å². The molecule has 0 bridgehead atoms. The number of carbonyl (C=O) groups is 1. The molecule has 1 saturated heterocycles. The van der Waals surface area contributed by atoms with Crippen molar-refractivity contribution in [3.05, 3.63) is 23.8 Å². The fourth-order valence-electron chi connectivity index (χ4n) is 4.42. The molecule has 2 aliphatic heterocycles. The second-order valence-corrected chi connectivity index (χ2v) is 7.50. The van der Waals surface area contributed by atoms with Crippen molar-refractivity contribution in [3.63, 3.8) is 0 Å². The van der Waals surface area contributed by atoms with Gasteiger partial charge in [-0.1, -0.05) is 19.9 Å². The molecule has 7 heteroatoms. The van der Waals surface area contributed by atoms with Crippen LogP contribution in [0.3, 0.4) is 0 Å². The fourth-order valence-corrected chi connectivity index (χ4v) is 4.42. The summed E-state index contributed by atoms with van der Waals surface area (Å²) < 4.78 is 16.5. The van der Waals surface area contributed by atoms with Crippen LogP contribution >= 0.6 is 12.4 Å². The molecule has 1 aliphatic carbocycles. The predicted molar refractivity (Wildman–Crippen MR) is 94.8 cm³/mol. The summed E-state index contributed by atoms with van der Waals surface area (Å²) in [4.78, 5) is 12.9. The molecule has 0 radical (unpaired) electrons. The van der Waals surface area contributed by atoms with Gasteiger partial charge in [0.25, 0.3) is 0 Å². The first-order chi connectivity index (χ1) is 11.4. The number of nitrogens with two attached hydrogens (primary N) is 1. The standard InChI is InChI=1S/C18H24N2O4.ClH/c1-17(2)15-12(4-3-7-22-15)18(17,19)16(21)20-9-11-5-6-13-14(8-11)24-10-23-13;/h5-6,8,12,15H,3-4,7,9-10,19H2,1-2H3,(H,20,21);1H. The number of rotatable bonds is 3. The van der Waals surface area contributed by atoms with Gasteiger partial charge in [-0.05, 0) is 30.5 Å². The number of carbonyl (C=O) groups excluding carboxylic acids is 1. The van der Waals surface area contributed by atoms with E-state index < -0.39 is 5.54 Å². The van der Waals surface area contributed by atoms with Gasteiger partial charge in [-0.25, -0.2) is 0 Å². The van der Waals surface area contributed by atoms with Gasteiger partial charge < -0.3 is 25.3 Å². The maximum atomic E-state index is 12.9. The van der Waals surface area contributed by atoms with Gasteiger partial charge in [0.1, 0.15) is 5.54 Å². The molecule has 0 spiro atoms. The number of halogens is 1. The number of hydrogen-bond acceptors (Lipinski definition) is 5. The number of ether oxygens (including phenoxy) is 3. The Balaban J connectivity index is 0.00000182. The lowest BCUT2D eigenvalue weighted by atomic mass is 9.46. The van der Waals surface area contributed by atoms with Crippen molar-refractivity contribution < 1.29 is 19.0 Å². The van der Waals surface area contributed by atoms with Crippen LogP contribution in [-0.4, -0.2) is 30.9 Å². The fraction of sp³-hybridized carbons (Fsp3) is 0.611. The third-order valence-corrected chi connectivity index (χ3v) is 5.95. The molecule has 3 atom stereocenters. The van der Waals surface area contributed by atoms with Crippen LogP contribution in [-0.2, 0) is 16.1 Å². The van der Waals surface area contributed by atoms with E-state index in [4.69, 9.17) is 19.9 Å². The van der Waals surface area contributed by atoms with Gasteiger partial charge in [0.15, 0.2) is 11.5 Å². The first-order valence-electron chi connectivity index (χ1n) is 8.52. The highest BCUT2D eigenvalue weighted by atomic mass is 35.5. The van der Waals surface area contributed by atoms with Crippen molar-refractivity contribution in [3.8, 4) is 11.5 Å². The normalized spacial score (nSPS) is 31.3. The van der Waals surface area contributed by atoms with E-state index >= 15 is 0 Å². The molecule has 1 aromatic carbocycles. The molecular formula is C18H25ClN2O4. The van der Waals surface area contributed by atoms with Crippen molar-refractivity contribution in [2.75, 3.05) is 13.4 Å². The predicted octanol–water partition coefficient (Wildman–Crippen LogP) is 1.99. The molecule has 1 aromatic rings. The van der Waals surface area contributed by atoms with Gasteiger partial charge in [0.05, 0.1) is 6.10 Å². The largest absolute Gasteiger partial charge is 0.454 e. The zero-order valence-electron chi connectivity index (χ0n) is 14.5. The summed E-state index contributed by atoms with van der Waals surface area (Å²) in [6.07, 6.45) is 1.99. The Bertz CT molecular complexity index is 681. The molecule has 4 rings (SSSR count). The Labute approximate surface area is 153 Å². The molecule has 1 saturated carbocycles. The maximum Gasteiger partial charge on any atom is 0.241 e. The van der Waals surface area contributed by atoms with Gasteiger partial charge in [0, 0.05) is 24.5 Å². The molecule has 2 fully saturated rings. The molecular weight excluding hydrogens is 344 g/mol. The minimum Gasteiger partial charge on any atom is -0.454 e. The van der Waals surface area contributed by atoms with Gasteiger partial charge >= 0.3 is 0 Å². The van der Waals surface area contributed by atoms with Gasteiger partial charge in [-0.2, -0.15) is 0 Å². The van der Waals surface area contributed by atoms with Gasteiger partial charge in [0.2, 0.25) is 12.7 Å². The molecule has 25 heavy (non-hydrogen) atoms. The van der Waals surface area contributed by atoms with Crippen LogP contribution in [0.1, 0.15) is 32.3 Å². The summed E-state index contributed by atoms with van der Waals surface area (Å²) in [5.41, 5.74) is 6.31. The Kier molecular flexibility index (Phi) is 4.64. The van der Waals surface area contributed by atoms with E-state index in [0.717, 1.165) is 30.8 Å². The van der Waals surface area contributed by atoms with Crippen molar-refractivity contribution in [2.24, 2.45) is 17.1 Å². The molecule has 1 amide bonds. The topological polar surface area (TPSA) is 82.8 Å². The van der Waals surface area contributed by atoms with E-state index in [0.29, 0.717) is 12.3 Å². The Hall–Kier alpha value is -1.50. The third kappa shape index (κ3) is 2.58. The average molecular weight is 369 g/mol. The summed E-state index contributed by atoms with van der Waals surface area (Å²) in [5.74, 6) is 1.45. The molecule has 138 valence electrons. The van der Waals surface area contributed by atoms with E-state index in [1.165, 1.54) is 0 Å². The van der Waals surface area contributed by atoms with Crippen LogP contribution < -0.4 is 20.5 Å². The molecule has 6 nitrogen and oxygen atoms in total. The van der Waals surface area contributed by atoms with E-state index in [1.807, 2.05) is 32.0 Å². The number of fused-ring (bicyclic) bond motifs is 2. The molecule has 0 aromatic heterocycles. The van der Waals surface area contributed by atoms with Crippen LogP contribution in [0.4, 0.5) is 0 Å². The lowest BCUT2D eigenvalue weighted by Gasteiger charge is -2.65. The van der Waals surface area contributed by atoms with Crippen LogP contribution in [0.15, 0.2) is 18.2 Å². The number of nitrogens with one attached hydrogen (secondary N) is 1. The second kappa shape index (κ2) is 6.34. The molecule has 2 heterocycles. The van der Waals surface area contributed by atoms with Crippen molar-refractivity contribution >= 4 is 18.3 Å². The minimum atomic E-state index is -0.881. The lowest BCUT2D eigenvalue weighted by Crippen LogP contribution is -2.82. The highest BCUT2D eigenvalue weighted by Crippen LogP contribution is 2.57. The lowest BCUT2D eigenvalue weighted by molar-refractivity contribution is -0.225. The maximum absolute atomic E-state index is 12.9. The first-order valence-corrected chi connectivity index (χ1v) is 8.52. The summed E-state index contributed by atoms with van der Waals surface area (Å²) in [6, 6.07) is 5.68. The summed E-state index contributed by atoms with van der Waals surface area (Å²) in [7, 11) is 0. The highest BCUT2D eigenvalue weighted by Gasteiger charge is 2.70. The smallest absolute Gasteiger partial charge is 0.241 e. The number of hydrogen-bond donors (Lipinski definition) is 2. The Morgan fingerprint density at radius 1 is 1.32 bits per heavy atom. The summed E-state index contributed by atoms with van der Waals surface area (Å²) in [6.45, 7) is 5.48. The van der Waals surface area contributed by atoms with E-state index in [-0.39, 0.29) is 42.5 Å². The van der Waals surface area contributed by atoms with E-state index in [1.54, 1.807) is 0 Å². The zero-order valence-corrected chi connectivity index (χ0v) is 15.4. The second-order valence-electron chi connectivity index (χ2n) is 7.50. The average Bonchev–Trinajstić information content (AvgIpc) is 3.06. The van der Waals surface area contributed by atoms with Crippen molar-refractivity contribution in [1.29, 1.82) is 0 Å². The number of amides is 1. The molecule has 3 unspecified atom stereocenters. The first kappa shape index (κ1) is 18.3. The monoisotopic (exact) mass is 368 g/mol. The molecule has 3 N–H and O–H groups in total. The number of benzene rings is 1. The van der Waals surface area contributed by atoms with Crippen LogP contribution in [0.2, 0.25) is 0 Å². The van der Waals surface area contributed by atoms with Gasteiger partial charge in [-0.15, -0.1) is 12.4 Å². The Morgan fingerprint density at radius 2 is 2.08 bits per heavy atom. The SMILES string of the molecule is CC1(C)C2OCCCC2C1(N)C(=O)NCc1ccc2c(c1)OCO2.Cl. The van der Waals surface area contributed by atoms with Crippen LogP contribution in [0.5, 0.6) is 11.5 Å². The summed E-state index contributed by atoms with van der Waals surface area (Å²) in [5, 5.41) is 3.01. The highest BCUT2D eigenvalue weighted by molar-refractivity contribution is 5.89. The van der Waals surface area contributed by atoms with Gasteiger partial charge in [-0.3, -0.25) is 4.79 Å². The quantitative estimate of drug-likeness (QED) is 0.852. The van der Waals surface area contributed by atoms with Crippen LogP contribution in [0, 0.1) is 11.3 Å². The zero-order chi connectivity index (χ0) is 16.9. The van der Waals surface area contributed by atoms with Crippen LogP contribution in [0.25, 0.3) is 0 Å². The molecule has 3 aliphatic rings. The third-order valence-electron chi connectivity index (χ3n) is 5.95.